The zero-order valence-electron chi connectivity index (χ0n) is 18.3. The molecule has 11 heteroatoms. The van der Waals surface area contributed by atoms with Crippen LogP contribution in [0.1, 0.15) is 18.1 Å². The molecule has 3 rings (SSSR count). The molecule has 4 nitrogen and oxygen atoms in total. The van der Waals surface area contributed by atoms with E-state index in [-0.39, 0.29) is 22.7 Å². The number of hydrogen-bond acceptors (Lipinski definition) is 3. The highest BCUT2D eigenvalue weighted by Gasteiger charge is 2.73. The summed E-state index contributed by atoms with van der Waals surface area (Å²) in [7, 11) is -4.10. The Morgan fingerprint density at radius 1 is 0.743 bits per heavy atom. The lowest BCUT2D eigenvalue weighted by molar-refractivity contribution is -0.392. The maximum atomic E-state index is 14.0. The summed E-state index contributed by atoms with van der Waals surface area (Å²) in [6.07, 6.45) is -11.7. The molecular weight excluding hydrogens is 496 g/mol. The third kappa shape index (κ3) is 5.15. The molecule has 0 spiro atoms. The van der Waals surface area contributed by atoms with Crippen molar-refractivity contribution in [3.63, 3.8) is 0 Å². The molecular formula is C24H21F6NO3S. The van der Waals surface area contributed by atoms with Gasteiger partial charge < -0.3 is 4.74 Å². The fourth-order valence-corrected chi connectivity index (χ4v) is 5.07. The minimum Gasteiger partial charge on any atom is -0.349 e. The van der Waals surface area contributed by atoms with E-state index in [1.54, 1.807) is 12.1 Å². The van der Waals surface area contributed by atoms with Gasteiger partial charge in [-0.2, -0.15) is 26.3 Å². The van der Waals surface area contributed by atoms with Crippen molar-refractivity contribution in [2.45, 2.75) is 36.4 Å². The molecule has 0 unspecified atom stereocenters. The van der Waals surface area contributed by atoms with Gasteiger partial charge in [0, 0.05) is 12.1 Å². The monoisotopic (exact) mass is 517 g/mol. The number of sulfonamides is 1. The number of benzene rings is 3. The Kier molecular flexibility index (Phi) is 7.51. The quantitative estimate of drug-likeness (QED) is 0.323. The Balaban J connectivity index is 2.05. The first-order valence-electron chi connectivity index (χ1n) is 10.3. The van der Waals surface area contributed by atoms with Crippen LogP contribution < -0.4 is 4.31 Å². The van der Waals surface area contributed by atoms with Crippen LogP contribution in [0.15, 0.2) is 89.8 Å². The summed E-state index contributed by atoms with van der Waals surface area (Å²) in [6.45, 7) is 0.433. The Hall–Kier alpha value is -3.05. The highest BCUT2D eigenvalue weighted by molar-refractivity contribution is 7.92. The van der Waals surface area contributed by atoms with Gasteiger partial charge in [0.15, 0.2) is 0 Å². The molecule has 188 valence electrons. The van der Waals surface area contributed by atoms with E-state index in [1.165, 1.54) is 55.5 Å². The van der Waals surface area contributed by atoms with E-state index < -0.39 is 40.1 Å². The summed E-state index contributed by atoms with van der Waals surface area (Å²) in [4.78, 5) is -0.0722. The Bertz CT molecular complexity index is 1200. The summed E-state index contributed by atoms with van der Waals surface area (Å²) >= 11 is 0. The summed E-state index contributed by atoms with van der Waals surface area (Å²) in [6, 6.07) is 17.4. The van der Waals surface area contributed by atoms with Gasteiger partial charge in [-0.25, -0.2) is 8.42 Å². The number of hydrogen-bond donors (Lipinski definition) is 0. The number of halogens is 6. The summed E-state index contributed by atoms with van der Waals surface area (Å²) in [5, 5.41) is 0. The molecule has 0 atom stereocenters. The van der Waals surface area contributed by atoms with E-state index in [2.05, 4.69) is 4.74 Å². The lowest BCUT2D eigenvalue weighted by Crippen LogP contribution is -2.55. The molecule has 0 aliphatic rings. The van der Waals surface area contributed by atoms with Gasteiger partial charge in [-0.3, -0.25) is 4.31 Å². The second kappa shape index (κ2) is 9.90. The molecule has 0 heterocycles. The lowest BCUT2D eigenvalue weighted by Gasteiger charge is -2.37. The summed E-state index contributed by atoms with van der Waals surface area (Å²) < 4.78 is 116. The van der Waals surface area contributed by atoms with Crippen molar-refractivity contribution in [1.82, 2.24) is 0 Å². The van der Waals surface area contributed by atoms with E-state index in [4.69, 9.17) is 0 Å². The van der Waals surface area contributed by atoms with E-state index in [0.717, 1.165) is 16.4 Å². The molecule has 0 N–H and O–H groups in total. The third-order valence-electron chi connectivity index (χ3n) is 5.28. The second-order valence-corrected chi connectivity index (χ2v) is 9.34. The van der Waals surface area contributed by atoms with Crippen LogP contribution >= 0.6 is 0 Å². The standard InChI is InChI=1S/C24H21F6NO3S/c1-2-31(35(32,33)21-11-7-4-8-12-21)20-15-13-19(14-16-20)22(23(25,26)27,24(28,29)30)34-17-18-9-5-3-6-10-18/h3-16H,2,17H2,1H3. The maximum absolute atomic E-state index is 14.0. The van der Waals surface area contributed by atoms with Gasteiger partial charge in [-0.1, -0.05) is 60.7 Å². The van der Waals surface area contributed by atoms with E-state index in [9.17, 15) is 34.8 Å². The van der Waals surface area contributed by atoms with Crippen molar-refractivity contribution >= 4 is 15.7 Å². The number of rotatable bonds is 8. The Labute approximate surface area is 198 Å². The largest absolute Gasteiger partial charge is 0.430 e. The van der Waals surface area contributed by atoms with Crippen LogP contribution in [0.4, 0.5) is 32.0 Å². The van der Waals surface area contributed by atoms with Crippen molar-refractivity contribution in [3.8, 4) is 0 Å². The first-order chi connectivity index (χ1) is 16.3. The number of nitrogens with zero attached hydrogens (tertiary/aromatic N) is 1. The van der Waals surface area contributed by atoms with Crippen LogP contribution in [0, 0.1) is 0 Å². The first kappa shape index (κ1) is 26.6. The van der Waals surface area contributed by atoms with E-state index in [1.807, 2.05) is 0 Å². The minimum absolute atomic E-state index is 0.0722. The summed E-state index contributed by atoms with van der Waals surface area (Å²) in [5.41, 5.74) is -5.82. The van der Waals surface area contributed by atoms with Crippen LogP contribution in [0.5, 0.6) is 0 Å². The molecule has 0 saturated carbocycles. The smallest absolute Gasteiger partial charge is 0.349 e. The fourth-order valence-electron chi connectivity index (χ4n) is 3.57. The molecule has 0 aliphatic carbocycles. The van der Waals surface area contributed by atoms with Gasteiger partial charge in [0.1, 0.15) is 0 Å². The molecule has 0 amide bonds. The first-order valence-corrected chi connectivity index (χ1v) is 11.8. The SMILES string of the molecule is CCN(c1ccc(C(OCc2ccccc2)(C(F)(F)F)C(F)(F)F)cc1)S(=O)(=O)c1ccccc1. The minimum atomic E-state index is -5.86. The Morgan fingerprint density at radius 3 is 1.69 bits per heavy atom. The van der Waals surface area contributed by atoms with Crippen molar-refractivity contribution < 1.29 is 39.5 Å². The predicted octanol–water partition coefficient (Wildman–Crippen LogP) is 6.44. The lowest BCUT2D eigenvalue weighted by atomic mass is 9.91. The molecule has 0 saturated heterocycles. The fraction of sp³-hybridized carbons (Fsp3) is 0.250. The topological polar surface area (TPSA) is 46.6 Å². The number of alkyl halides is 6. The number of anilines is 1. The predicted molar refractivity (Wildman–Crippen MR) is 118 cm³/mol. The number of ether oxygens (including phenoxy) is 1. The van der Waals surface area contributed by atoms with Crippen molar-refractivity contribution in [2.75, 3.05) is 10.8 Å². The van der Waals surface area contributed by atoms with E-state index >= 15 is 0 Å². The normalized spacial score (nSPS) is 13.0. The molecule has 3 aromatic rings. The average Bonchev–Trinajstić information content (AvgIpc) is 2.80. The highest BCUT2D eigenvalue weighted by Crippen LogP contribution is 2.53. The zero-order chi connectivity index (χ0) is 25.9. The molecule has 0 aliphatic heterocycles. The van der Waals surface area contributed by atoms with Gasteiger partial charge >= 0.3 is 12.4 Å². The molecule has 0 fully saturated rings. The van der Waals surface area contributed by atoms with Gasteiger partial charge in [-0.05, 0) is 36.8 Å². The van der Waals surface area contributed by atoms with Crippen molar-refractivity contribution in [1.29, 1.82) is 0 Å². The van der Waals surface area contributed by atoms with Gasteiger partial charge in [0.2, 0.25) is 0 Å². The van der Waals surface area contributed by atoms with Crippen molar-refractivity contribution in [2.24, 2.45) is 0 Å². The maximum Gasteiger partial charge on any atom is 0.430 e. The molecule has 0 aromatic heterocycles. The van der Waals surface area contributed by atoms with Crippen LogP contribution in [0.3, 0.4) is 0 Å². The van der Waals surface area contributed by atoms with Crippen LogP contribution in [0.2, 0.25) is 0 Å². The van der Waals surface area contributed by atoms with Crippen LogP contribution in [0.25, 0.3) is 0 Å². The van der Waals surface area contributed by atoms with Crippen LogP contribution in [-0.4, -0.2) is 27.3 Å². The Morgan fingerprint density at radius 2 is 1.23 bits per heavy atom. The zero-order valence-corrected chi connectivity index (χ0v) is 19.2. The second-order valence-electron chi connectivity index (χ2n) is 7.48. The molecule has 3 aromatic carbocycles. The molecule has 35 heavy (non-hydrogen) atoms. The van der Waals surface area contributed by atoms with Gasteiger partial charge in [-0.15, -0.1) is 0 Å². The third-order valence-corrected chi connectivity index (χ3v) is 7.19. The van der Waals surface area contributed by atoms with Gasteiger partial charge in [0.25, 0.3) is 15.6 Å². The average molecular weight is 517 g/mol. The molecule has 0 radical (unpaired) electrons. The van der Waals surface area contributed by atoms with Crippen LogP contribution in [-0.2, 0) is 27.0 Å². The van der Waals surface area contributed by atoms with E-state index in [0.29, 0.717) is 12.1 Å². The highest BCUT2D eigenvalue weighted by atomic mass is 32.2. The van der Waals surface area contributed by atoms with Crippen molar-refractivity contribution in [3.05, 3.63) is 96.1 Å². The molecule has 0 bridgehead atoms. The van der Waals surface area contributed by atoms with Gasteiger partial charge in [0.05, 0.1) is 17.2 Å². The summed E-state index contributed by atoms with van der Waals surface area (Å²) in [5.74, 6) is 0.